The van der Waals surface area contributed by atoms with E-state index in [4.69, 9.17) is 0 Å². The lowest BCUT2D eigenvalue weighted by atomic mass is 10.1. The maximum atomic E-state index is 4.56. The van der Waals surface area contributed by atoms with E-state index in [-0.39, 0.29) is 24.0 Å². The molecule has 0 fully saturated rings. The topological polar surface area (TPSA) is 54.2 Å². The molecule has 1 aromatic rings. The molecule has 0 aliphatic carbocycles. The highest BCUT2D eigenvalue weighted by Crippen LogP contribution is 1.99. The van der Waals surface area contributed by atoms with Gasteiger partial charge in [-0.05, 0) is 19.8 Å². The number of rotatable bonds is 6. The van der Waals surface area contributed by atoms with Gasteiger partial charge >= 0.3 is 0 Å². The zero-order valence-electron chi connectivity index (χ0n) is 12.3. The van der Waals surface area contributed by atoms with Gasteiger partial charge in [0.25, 0.3) is 0 Å². The molecule has 0 bridgehead atoms. The zero-order valence-corrected chi connectivity index (χ0v) is 14.6. The Labute approximate surface area is 133 Å². The summed E-state index contributed by atoms with van der Waals surface area (Å²) in [5, 5.41) is 6.67. The van der Waals surface area contributed by atoms with Crippen LogP contribution in [0.4, 0.5) is 0 Å². The summed E-state index contributed by atoms with van der Waals surface area (Å²) in [5.74, 6) is 1.47. The van der Waals surface area contributed by atoms with E-state index in [9.17, 15) is 0 Å². The van der Waals surface area contributed by atoms with E-state index in [0.29, 0.717) is 12.0 Å². The predicted octanol–water partition coefficient (Wildman–Crippen LogP) is 2.10. The minimum atomic E-state index is 0. The first-order valence-electron chi connectivity index (χ1n) is 6.64. The van der Waals surface area contributed by atoms with Crippen molar-refractivity contribution in [3.8, 4) is 0 Å². The van der Waals surface area contributed by atoms with Gasteiger partial charge in [-0.2, -0.15) is 0 Å². The van der Waals surface area contributed by atoms with Crippen molar-refractivity contribution in [3.63, 3.8) is 0 Å². The second-order valence-corrected chi connectivity index (χ2v) is 4.74. The lowest BCUT2D eigenvalue weighted by Crippen LogP contribution is -2.44. The second kappa shape index (κ2) is 10.1. The summed E-state index contributed by atoms with van der Waals surface area (Å²) in [6, 6.07) is 0.413. The highest BCUT2D eigenvalue weighted by atomic mass is 127. The van der Waals surface area contributed by atoms with Crippen molar-refractivity contribution in [1.82, 2.24) is 20.2 Å². The van der Waals surface area contributed by atoms with Gasteiger partial charge in [0, 0.05) is 31.5 Å². The molecule has 0 amide bonds. The highest BCUT2D eigenvalue weighted by Gasteiger charge is 2.08. The molecule has 1 heterocycles. The van der Waals surface area contributed by atoms with E-state index < -0.39 is 0 Å². The number of aliphatic imine (C=N–C) groups is 1. The molecule has 0 saturated heterocycles. The average Bonchev–Trinajstić information content (AvgIpc) is 2.82. The fourth-order valence-corrected chi connectivity index (χ4v) is 1.40. The highest BCUT2D eigenvalue weighted by molar-refractivity contribution is 14.0. The summed E-state index contributed by atoms with van der Waals surface area (Å²) in [7, 11) is 0. The first-order valence-corrected chi connectivity index (χ1v) is 6.64. The van der Waals surface area contributed by atoms with Crippen molar-refractivity contribution in [2.75, 3.05) is 13.1 Å². The molecule has 5 nitrogen and oxygen atoms in total. The maximum Gasteiger partial charge on any atom is 0.191 e. The normalized spacial score (nSPS) is 13.0. The summed E-state index contributed by atoms with van der Waals surface area (Å²) >= 11 is 0. The molecule has 0 aromatic carbocycles. The first-order chi connectivity index (χ1) is 8.63. The van der Waals surface area contributed by atoms with Gasteiger partial charge in [-0.25, -0.2) is 4.98 Å². The van der Waals surface area contributed by atoms with Crippen LogP contribution in [-0.4, -0.2) is 34.6 Å². The number of nitrogens with zero attached hydrogens (tertiary/aromatic N) is 3. The molecule has 2 N–H and O–H groups in total. The van der Waals surface area contributed by atoms with Crippen LogP contribution < -0.4 is 10.6 Å². The van der Waals surface area contributed by atoms with Crippen LogP contribution in [0.2, 0.25) is 0 Å². The van der Waals surface area contributed by atoms with Crippen molar-refractivity contribution < 1.29 is 0 Å². The standard InChI is InChI=1S/C13H25N5.HI/c1-5-15-13(17-12(4)11(2)3)16-7-9-18-8-6-14-10-18;/h6,8,10-12H,5,7,9H2,1-4H3,(H2,15,16,17);1H. The number of guanidine groups is 1. The van der Waals surface area contributed by atoms with Crippen molar-refractivity contribution in [2.45, 2.75) is 40.3 Å². The fraction of sp³-hybridized carbons (Fsp3) is 0.692. The third-order valence-electron chi connectivity index (χ3n) is 2.90. The zero-order chi connectivity index (χ0) is 13.4. The fourth-order valence-electron chi connectivity index (χ4n) is 1.40. The number of halogens is 1. The van der Waals surface area contributed by atoms with E-state index in [1.807, 2.05) is 17.1 Å². The summed E-state index contributed by atoms with van der Waals surface area (Å²) in [6.07, 6.45) is 5.55. The van der Waals surface area contributed by atoms with E-state index in [1.54, 1.807) is 6.20 Å². The molecule has 0 aliphatic rings. The molecule has 1 rings (SSSR count). The van der Waals surface area contributed by atoms with Gasteiger partial charge < -0.3 is 15.2 Å². The summed E-state index contributed by atoms with van der Waals surface area (Å²) in [6.45, 7) is 11.1. The SMILES string of the molecule is CCNC(=NCCn1ccnc1)NC(C)C(C)C.I. The second-order valence-electron chi connectivity index (χ2n) is 4.74. The van der Waals surface area contributed by atoms with Crippen LogP contribution in [0.1, 0.15) is 27.7 Å². The average molecular weight is 379 g/mol. The van der Waals surface area contributed by atoms with Crippen molar-refractivity contribution >= 4 is 29.9 Å². The van der Waals surface area contributed by atoms with E-state index in [0.717, 1.165) is 25.6 Å². The van der Waals surface area contributed by atoms with Crippen LogP contribution >= 0.6 is 24.0 Å². The Hall–Kier alpha value is -0.790. The van der Waals surface area contributed by atoms with Gasteiger partial charge in [0.15, 0.2) is 5.96 Å². The maximum absolute atomic E-state index is 4.56. The van der Waals surface area contributed by atoms with Crippen molar-refractivity contribution in [3.05, 3.63) is 18.7 Å². The van der Waals surface area contributed by atoms with Crippen LogP contribution in [0.25, 0.3) is 0 Å². The van der Waals surface area contributed by atoms with Crippen LogP contribution in [0.15, 0.2) is 23.7 Å². The van der Waals surface area contributed by atoms with Crippen LogP contribution in [0.3, 0.4) is 0 Å². The Morgan fingerprint density at radius 3 is 2.63 bits per heavy atom. The number of aromatic nitrogens is 2. The third-order valence-corrected chi connectivity index (χ3v) is 2.90. The molecule has 6 heteroatoms. The number of hydrogen-bond acceptors (Lipinski definition) is 2. The summed E-state index contributed by atoms with van der Waals surface area (Å²) in [4.78, 5) is 8.57. The van der Waals surface area contributed by atoms with Gasteiger partial charge in [0.2, 0.25) is 0 Å². The Morgan fingerprint density at radius 2 is 2.11 bits per heavy atom. The smallest absolute Gasteiger partial charge is 0.191 e. The summed E-state index contributed by atoms with van der Waals surface area (Å²) in [5.41, 5.74) is 0. The molecule has 1 unspecified atom stereocenters. The lowest BCUT2D eigenvalue weighted by molar-refractivity contribution is 0.480. The van der Waals surface area contributed by atoms with Gasteiger partial charge in [-0.3, -0.25) is 4.99 Å². The third kappa shape index (κ3) is 7.39. The number of nitrogens with one attached hydrogen (secondary N) is 2. The monoisotopic (exact) mass is 379 g/mol. The van der Waals surface area contributed by atoms with Crippen molar-refractivity contribution in [1.29, 1.82) is 0 Å². The van der Waals surface area contributed by atoms with Crippen molar-refractivity contribution in [2.24, 2.45) is 10.9 Å². The molecule has 19 heavy (non-hydrogen) atoms. The lowest BCUT2D eigenvalue weighted by Gasteiger charge is -2.20. The minimum Gasteiger partial charge on any atom is -0.357 e. The van der Waals surface area contributed by atoms with E-state index >= 15 is 0 Å². The molecule has 0 saturated carbocycles. The Kier molecular flexibility index (Phi) is 9.63. The summed E-state index contributed by atoms with van der Waals surface area (Å²) < 4.78 is 2.03. The van der Waals surface area contributed by atoms with Crippen LogP contribution in [-0.2, 0) is 6.54 Å². The molecule has 0 aliphatic heterocycles. The first kappa shape index (κ1) is 18.2. The van der Waals surface area contributed by atoms with E-state index in [2.05, 4.69) is 48.3 Å². The van der Waals surface area contributed by atoms with Crippen LogP contribution in [0.5, 0.6) is 0 Å². The molecule has 1 atom stereocenters. The number of hydrogen-bond donors (Lipinski definition) is 2. The largest absolute Gasteiger partial charge is 0.357 e. The minimum absolute atomic E-state index is 0. The van der Waals surface area contributed by atoms with Gasteiger partial charge in [0.05, 0.1) is 12.9 Å². The number of imidazole rings is 1. The Balaban J connectivity index is 0.00000324. The molecule has 0 radical (unpaired) electrons. The molecule has 1 aromatic heterocycles. The predicted molar refractivity (Wildman–Crippen MR) is 91.1 cm³/mol. The van der Waals surface area contributed by atoms with E-state index in [1.165, 1.54) is 0 Å². The quantitative estimate of drug-likeness (QED) is 0.452. The van der Waals surface area contributed by atoms with Gasteiger partial charge in [-0.15, -0.1) is 24.0 Å². The van der Waals surface area contributed by atoms with Gasteiger partial charge in [-0.1, -0.05) is 13.8 Å². The molecular formula is C13H26IN5. The van der Waals surface area contributed by atoms with Crippen LogP contribution in [0, 0.1) is 5.92 Å². The Morgan fingerprint density at radius 1 is 1.37 bits per heavy atom. The molecular weight excluding hydrogens is 353 g/mol. The molecule has 110 valence electrons. The van der Waals surface area contributed by atoms with Gasteiger partial charge in [0.1, 0.15) is 0 Å². The Bertz CT molecular complexity index is 348. The molecule has 0 spiro atoms.